The van der Waals surface area contributed by atoms with Crippen LogP contribution >= 0.6 is 0 Å². The van der Waals surface area contributed by atoms with Gasteiger partial charge in [0.25, 0.3) is 0 Å². The highest BCUT2D eigenvalue weighted by Gasteiger charge is 2.22. The van der Waals surface area contributed by atoms with Crippen molar-refractivity contribution in [2.45, 2.75) is 13.8 Å². The summed E-state index contributed by atoms with van der Waals surface area (Å²) < 4.78 is 0. The molecule has 1 aliphatic heterocycles. The van der Waals surface area contributed by atoms with Crippen molar-refractivity contribution < 1.29 is 4.79 Å². The fourth-order valence-corrected chi connectivity index (χ4v) is 3.27. The van der Waals surface area contributed by atoms with Gasteiger partial charge in [0.05, 0.1) is 0 Å². The van der Waals surface area contributed by atoms with E-state index in [1.807, 2.05) is 48.2 Å². The second-order valence-electron chi connectivity index (χ2n) is 7.06. The largest absolute Gasteiger partial charge is 0.378 e. The monoisotopic (exact) mass is 352 g/mol. The Labute approximate surface area is 156 Å². The van der Waals surface area contributed by atoms with Gasteiger partial charge in [0.1, 0.15) is 0 Å². The minimum Gasteiger partial charge on any atom is -0.378 e. The lowest BCUT2D eigenvalue weighted by atomic mass is 10.1. The Kier molecular flexibility index (Phi) is 5.35. The molecule has 5 nitrogen and oxygen atoms in total. The number of nitrogens with one attached hydrogen (secondary N) is 1. The molecule has 1 heterocycles. The third kappa shape index (κ3) is 3.93. The predicted octanol–water partition coefficient (Wildman–Crippen LogP) is 3.72. The quantitative estimate of drug-likeness (QED) is 0.915. The van der Waals surface area contributed by atoms with Crippen LogP contribution in [0.25, 0.3) is 0 Å². The summed E-state index contributed by atoms with van der Waals surface area (Å²) in [5.74, 6) is 0. The van der Waals surface area contributed by atoms with Crippen LogP contribution in [0, 0.1) is 13.8 Å². The van der Waals surface area contributed by atoms with E-state index >= 15 is 0 Å². The first-order valence-electron chi connectivity index (χ1n) is 9.10. The standard InChI is InChI=1S/C21H28N4O/c1-16-6-5-7-20(17(16)2)24-12-14-25(15-13-24)21(26)22-18-8-10-19(11-9-18)23(3)4/h5-11H,12-15H2,1-4H3,(H,22,26). The van der Waals surface area contributed by atoms with Crippen LogP contribution < -0.4 is 15.1 Å². The van der Waals surface area contributed by atoms with Gasteiger partial charge in [-0.05, 0) is 55.3 Å². The lowest BCUT2D eigenvalue weighted by Crippen LogP contribution is -2.50. The van der Waals surface area contributed by atoms with Gasteiger partial charge in [-0.2, -0.15) is 0 Å². The van der Waals surface area contributed by atoms with E-state index in [9.17, 15) is 4.79 Å². The molecule has 0 spiro atoms. The zero-order valence-electron chi connectivity index (χ0n) is 16.1. The van der Waals surface area contributed by atoms with Crippen molar-refractivity contribution in [2.24, 2.45) is 0 Å². The maximum absolute atomic E-state index is 12.5. The van der Waals surface area contributed by atoms with Gasteiger partial charge >= 0.3 is 6.03 Å². The van der Waals surface area contributed by atoms with E-state index in [4.69, 9.17) is 0 Å². The lowest BCUT2D eigenvalue weighted by molar-refractivity contribution is 0.208. The van der Waals surface area contributed by atoms with Gasteiger partial charge in [-0.25, -0.2) is 4.79 Å². The average molecular weight is 352 g/mol. The van der Waals surface area contributed by atoms with Gasteiger partial charge < -0.3 is 20.0 Å². The summed E-state index contributed by atoms with van der Waals surface area (Å²) >= 11 is 0. The summed E-state index contributed by atoms with van der Waals surface area (Å²) in [5, 5.41) is 3.00. The number of hydrogen-bond donors (Lipinski definition) is 1. The first-order chi connectivity index (χ1) is 12.5. The van der Waals surface area contributed by atoms with E-state index in [0.717, 1.165) is 37.6 Å². The molecule has 0 bridgehead atoms. The number of carbonyl (C=O) groups is 1. The van der Waals surface area contributed by atoms with Gasteiger partial charge in [0, 0.05) is 57.3 Å². The summed E-state index contributed by atoms with van der Waals surface area (Å²) in [5.41, 5.74) is 5.86. The van der Waals surface area contributed by atoms with Crippen molar-refractivity contribution in [3.63, 3.8) is 0 Å². The van der Waals surface area contributed by atoms with Crippen LogP contribution in [-0.4, -0.2) is 51.2 Å². The van der Waals surface area contributed by atoms with Crippen LogP contribution in [0.3, 0.4) is 0 Å². The molecule has 1 N–H and O–H groups in total. The van der Waals surface area contributed by atoms with Gasteiger partial charge in [0.2, 0.25) is 0 Å². The number of anilines is 3. The molecule has 0 atom stereocenters. The van der Waals surface area contributed by atoms with E-state index in [0.29, 0.717) is 0 Å². The Morgan fingerprint density at radius 3 is 2.23 bits per heavy atom. The van der Waals surface area contributed by atoms with Gasteiger partial charge in [-0.3, -0.25) is 0 Å². The summed E-state index contributed by atoms with van der Waals surface area (Å²) in [6.07, 6.45) is 0. The molecule has 0 unspecified atom stereocenters. The number of urea groups is 1. The van der Waals surface area contributed by atoms with Crippen LogP contribution in [0.4, 0.5) is 21.9 Å². The second-order valence-corrected chi connectivity index (χ2v) is 7.06. The number of nitrogens with zero attached hydrogens (tertiary/aromatic N) is 3. The molecule has 1 fully saturated rings. The summed E-state index contributed by atoms with van der Waals surface area (Å²) in [6, 6.07) is 14.3. The number of piperazine rings is 1. The molecular formula is C21H28N4O. The van der Waals surface area contributed by atoms with Gasteiger partial charge in [0.15, 0.2) is 0 Å². The third-order valence-electron chi connectivity index (χ3n) is 5.12. The van der Waals surface area contributed by atoms with Crippen molar-refractivity contribution >= 4 is 23.1 Å². The Bertz CT molecular complexity index is 762. The zero-order chi connectivity index (χ0) is 18.7. The third-order valence-corrected chi connectivity index (χ3v) is 5.12. The van der Waals surface area contributed by atoms with Crippen LogP contribution in [-0.2, 0) is 0 Å². The SMILES string of the molecule is Cc1cccc(N2CCN(C(=O)Nc3ccc(N(C)C)cc3)CC2)c1C. The van der Waals surface area contributed by atoms with Crippen molar-refractivity contribution in [1.29, 1.82) is 0 Å². The highest BCUT2D eigenvalue weighted by atomic mass is 16.2. The Hall–Kier alpha value is -2.69. The minimum absolute atomic E-state index is 0.0248. The molecule has 0 aliphatic carbocycles. The van der Waals surface area contributed by atoms with Gasteiger partial charge in [-0.15, -0.1) is 0 Å². The predicted molar refractivity (Wildman–Crippen MR) is 109 cm³/mol. The fourth-order valence-electron chi connectivity index (χ4n) is 3.27. The van der Waals surface area contributed by atoms with E-state index < -0.39 is 0 Å². The molecule has 5 heteroatoms. The zero-order valence-corrected chi connectivity index (χ0v) is 16.1. The number of carbonyl (C=O) groups excluding carboxylic acids is 1. The molecule has 2 aromatic carbocycles. The highest BCUT2D eigenvalue weighted by Crippen LogP contribution is 2.24. The molecular weight excluding hydrogens is 324 g/mol. The second kappa shape index (κ2) is 7.68. The van der Waals surface area contributed by atoms with Crippen LogP contribution in [0.1, 0.15) is 11.1 Å². The van der Waals surface area contributed by atoms with Crippen molar-refractivity contribution in [2.75, 3.05) is 55.4 Å². The molecule has 0 radical (unpaired) electrons. The maximum atomic E-state index is 12.5. The van der Waals surface area contributed by atoms with E-state index in [1.54, 1.807) is 0 Å². The van der Waals surface area contributed by atoms with Gasteiger partial charge in [-0.1, -0.05) is 12.1 Å². The maximum Gasteiger partial charge on any atom is 0.321 e. The van der Waals surface area contributed by atoms with Crippen molar-refractivity contribution in [3.05, 3.63) is 53.6 Å². The molecule has 3 rings (SSSR count). The first-order valence-corrected chi connectivity index (χ1v) is 9.10. The lowest BCUT2D eigenvalue weighted by Gasteiger charge is -2.37. The Morgan fingerprint density at radius 1 is 0.962 bits per heavy atom. The number of benzene rings is 2. The first kappa shape index (κ1) is 18.1. The topological polar surface area (TPSA) is 38.8 Å². The summed E-state index contributed by atoms with van der Waals surface area (Å²) in [4.78, 5) is 18.8. The van der Waals surface area contributed by atoms with Crippen LogP contribution in [0.15, 0.2) is 42.5 Å². The fraction of sp³-hybridized carbons (Fsp3) is 0.381. The average Bonchev–Trinajstić information content (AvgIpc) is 2.64. The highest BCUT2D eigenvalue weighted by molar-refractivity contribution is 5.89. The molecule has 1 saturated heterocycles. The number of rotatable bonds is 3. The van der Waals surface area contributed by atoms with Crippen LogP contribution in [0.2, 0.25) is 0 Å². The van der Waals surface area contributed by atoms with E-state index in [-0.39, 0.29) is 6.03 Å². The molecule has 0 saturated carbocycles. The molecule has 1 aliphatic rings. The van der Waals surface area contributed by atoms with Crippen molar-refractivity contribution in [3.8, 4) is 0 Å². The molecule has 2 amide bonds. The van der Waals surface area contributed by atoms with E-state index in [2.05, 4.69) is 42.3 Å². The molecule has 2 aromatic rings. The normalized spacial score (nSPS) is 14.3. The molecule has 0 aromatic heterocycles. The smallest absolute Gasteiger partial charge is 0.321 e. The molecule has 138 valence electrons. The minimum atomic E-state index is -0.0248. The molecule has 26 heavy (non-hydrogen) atoms. The number of amides is 2. The number of hydrogen-bond acceptors (Lipinski definition) is 3. The number of aryl methyl sites for hydroxylation is 1. The summed E-state index contributed by atoms with van der Waals surface area (Å²) in [7, 11) is 4.01. The summed E-state index contributed by atoms with van der Waals surface area (Å²) in [6.45, 7) is 7.49. The van der Waals surface area contributed by atoms with Crippen LogP contribution in [0.5, 0.6) is 0 Å². The Balaban J connectivity index is 1.57. The Morgan fingerprint density at radius 2 is 1.62 bits per heavy atom. The van der Waals surface area contributed by atoms with E-state index in [1.165, 1.54) is 16.8 Å². The van der Waals surface area contributed by atoms with Crippen molar-refractivity contribution in [1.82, 2.24) is 4.90 Å².